The van der Waals surface area contributed by atoms with E-state index in [-0.39, 0.29) is 23.9 Å². The Morgan fingerprint density at radius 3 is 2.14 bits per heavy atom. The molecule has 29 heavy (non-hydrogen) atoms. The number of likely N-dealkylation sites (N-methyl/N-ethyl adjacent to an activating group) is 1. The van der Waals surface area contributed by atoms with Crippen molar-refractivity contribution >= 4 is 40.7 Å². The van der Waals surface area contributed by atoms with E-state index in [1.807, 2.05) is 6.92 Å². The highest BCUT2D eigenvalue weighted by atomic mass is 35.5. The molecule has 0 heterocycles. The van der Waals surface area contributed by atoms with Crippen LogP contribution >= 0.6 is 23.2 Å². The van der Waals surface area contributed by atoms with Gasteiger partial charge in [-0.15, -0.1) is 0 Å². The first kappa shape index (κ1) is 21.0. The molecule has 1 atom stereocenters. The van der Waals surface area contributed by atoms with E-state index < -0.39 is 6.04 Å². The Morgan fingerprint density at radius 2 is 1.62 bits per heavy atom. The Morgan fingerprint density at radius 1 is 1.10 bits per heavy atom. The molecule has 2 amide bonds. The zero-order valence-electron chi connectivity index (χ0n) is 17.0. The van der Waals surface area contributed by atoms with Crippen molar-refractivity contribution in [2.45, 2.75) is 57.0 Å². The summed E-state index contributed by atoms with van der Waals surface area (Å²) in [6.07, 6.45) is 7.38. The van der Waals surface area contributed by atoms with Gasteiger partial charge in [-0.1, -0.05) is 29.3 Å². The summed E-state index contributed by atoms with van der Waals surface area (Å²) in [5, 5.41) is 6.93. The van der Waals surface area contributed by atoms with Crippen molar-refractivity contribution in [1.29, 1.82) is 0 Å². The third kappa shape index (κ3) is 4.42. The Kier molecular flexibility index (Phi) is 5.84. The molecule has 5 nitrogen and oxygen atoms in total. The molecule has 0 aromatic heterocycles. The van der Waals surface area contributed by atoms with Gasteiger partial charge in [0.15, 0.2) is 0 Å². The lowest BCUT2D eigenvalue weighted by Gasteiger charge is -2.57. The maximum atomic E-state index is 13.0. The zero-order valence-corrected chi connectivity index (χ0v) is 18.5. The van der Waals surface area contributed by atoms with Crippen LogP contribution in [0.1, 0.15) is 45.4 Å². The molecule has 5 rings (SSSR count). The molecular weight excluding hydrogens is 409 g/mol. The van der Waals surface area contributed by atoms with E-state index in [9.17, 15) is 9.59 Å². The highest BCUT2D eigenvalue weighted by Gasteiger charge is 2.51. The van der Waals surface area contributed by atoms with E-state index in [1.165, 1.54) is 19.3 Å². The lowest BCUT2D eigenvalue weighted by atomic mass is 9.53. The van der Waals surface area contributed by atoms with E-state index in [4.69, 9.17) is 23.2 Å². The molecular formula is C22H29Cl2N3O2. The number of rotatable bonds is 6. The van der Waals surface area contributed by atoms with Crippen LogP contribution in [0.3, 0.4) is 0 Å². The largest absolute Gasteiger partial charge is 0.349 e. The Bertz CT molecular complexity index is 758. The van der Waals surface area contributed by atoms with Gasteiger partial charge in [0.2, 0.25) is 11.8 Å². The van der Waals surface area contributed by atoms with E-state index in [0.29, 0.717) is 15.7 Å². The van der Waals surface area contributed by atoms with Crippen molar-refractivity contribution in [3.8, 4) is 0 Å². The fraction of sp³-hybridized carbons (Fsp3) is 0.636. The number of nitrogens with zero attached hydrogens (tertiary/aromatic N) is 1. The zero-order chi connectivity index (χ0) is 20.8. The average Bonchev–Trinajstić information content (AvgIpc) is 2.62. The normalized spacial score (nSPS) is 31.0. The van der Waals surface area contributed by atoms with E-state index in [1.54, 1.807) is 30.1 Å². The molecule has 0 aliphatic heterocycles. The van der Waals surface area contributed by atoms with Crippen LogP contribution in [0.2, 0.25) is 10.0 Å². The molecule has 0 spiro atoms. The Labute approximate surface area is 182 Å². The summed E-state index contributed by atoms with van der Waals surface area (Å²) >= 11 is 12.2. The number of carbonyl (C=O) groups excluding carboxylic acids is 2. The minimum absolute atomic E-state index is 0.0121. The lowest BCUT2D eigenvalue weighted by molar-refractivity contribution is -0.131. The van der Waals surface area contributed by atoms with E-state index in [2.05, 4.69) is 10.6 Å². The van der Waals surface area contributed by atoms with Crippen LogP contribution in [0.25, 0.3) is 0 Å². The number of anilines is 1. The summed E-state index contributed by atoms with van der Waals surface area (Å²) in [7, 11) is 1.79. The van der Waals surface area contributed by atoms with Crippen LogP contribution in [-0.4, -0.2) is 41.9 Å². The predicted octanol–water partition coefficient (Wildman–Crippen LogP) is 4.34. The molecule has 4 bridgehead atoms. The monoisotopic (exact) mass is 437 g/mol. The van der Waals surface area contributed by atoms with Crippen LogP contribution in [0, 0.1) is 17.8 Å². The molecule has 1 aromatic rings. The number of nitrogens with one attached hydrogen (secondary N) is 2. The molecule has 4 fully saturated rings. The topological polar surface area (TPSA) is 61.4 Å². The van der Waals surface area contributed by atoms with Gasteiger partial charge in [-0.05, 0) is 82.4 Å². The maximum Gasteiger partial charge on any atom is 0.238 e. The molecule has 158 valence electrons. The highest BCUT2D eigenvalue weighted by molar-refractivity contribution is 6.39. The van der Waals surface area contributed by atoms with Crippen LogP contribution in [0.4, 0.5) is 5.69 Å². The summed E-state index contributed by atoms with van der Waals surface area (Å²) in [6.45, 7) is 1.93. The fourth-order valence-electron chi connectivity index (χ4n) is 5.99. The van der Waals surface area contributed by atoms with Gasteiger partial charge in [-0.3, -0.25) is 14.5 Å². The lowest BCUT2D eigenvalue weighted by Crippen LogP contribution is -2.62. The van der Waals surface area contributed by atoms with Crippen LogP contribution in [0.5, 0.6) is 0 Å². The third-order valence-electron chi connectivity index (χ3n) is 7.09. The van der Waals surface area contributed by atoms with Gasteiger partial charge in [0, 0.05) is 5.54 Å². The second-order valence-electron chi connectivity index (χ2n) is 9.42. The van der Waals surface area contributed by atoms with Crippen molar-refractivity contribution in [2.75, 3.05) is 18.9 Å². The number of benzene rings is 1. The van der Waals surface area contributed by atoms with Crippen LogP contribution < -0.4 is 10.6 Å². The predicted molar refractivity (Wildman–Crippen MR) is 116 cm³/mol. The van der Waals surface area contributed by atoms with Gasteiger partial charge in [-0.25, -0.2) is 0 Å². The number of carbonyl (C=O) groups is 2. The van der Waals surface area contributed by atoms with Gasteiger partial charge < -0.3 is 10.6 Å². The third-order valence-corrected chi connectivity index (χ3v) is 7.72. The number of amides is 2. The SMILES string of the molecule is CC(C(=O)NC12CC3CC(CC(C3)C1)C2)N(C)CC(=O)Nc1c(Cl)cccc1Cl. The highest BCUT2D eigenvalue weighted by Crippen LogP contribution is 2.55. The standard InChI is InChI=1S/C22H29Cl2N3O2/c1-13(27(2)12-19(28)25-20-17(23)4-3-5-18(20)24)21(29)26-22-9-14-6-15(10-22)8-16(7-14)11-22/h3-5,13-16H,6-12H2,1-2H3,(H,25,28)(H,26,29). The molecule has 1 unspecified atom stereocenters. The minimum Gasteiger partial charge on any atom is -0.349 e. The van der Waals surface area contributed by atoms with Crippen LogP contribution in [0.15, 0.2) is 18.2 Å². The van der Waals surface area contributed by atoms with Crippen molar-refractivity contribution in [2.24, 2.45) is 17.8 Å². The Balaban J connectivity index is 1.33. The Hall–Kier alpha value is -1.30. The van der Waals surface area contributed by atoms with Gasteiger partial charge in [-0.2, -0.15) is 0 Å². The first-order chi connectivity index (χ1) is 13.7. The van der Waals surface area contributed by atoms with Crippen LogP contribution in [-0.2, 0) is 9.59 Å². The number of para-hydroxylation sites is 1. The summed E-state index contributed by atoms with van der Waals surface area (Å²) in [6, 6.07) is 4.68. The molecule has 4 aliphatic rings. The summed E-state index contributed by atoms with van der Waals surface area (Å²) < 4.78 is 0. The number of hydrogen-bond donors (Lipinski definition) is 2. The minimum atomic E-state index is -0.393. The summed E-state index contributed by atoms with van der Waals surface area (Å²) in [5.74, 6) is 2.09. The summed E-state index contributed by atoms with van der Waals surface area (Å²) in [5.41, 5.74) is 0.383. The molecule has 4 aliphatic carbocycles. The molecule has 0 saturated heterocycles. The first-order valence-corrected chi connectivity index (χ1v) is 11.3. The average molecular weight is 438 g/mol. The smallest absolute Gasteiger partial charge is 0.238 e. The van der Waals surface area contributed by atoms with Crippen molar-refractivity contribution in [3.05, 3.63) is 28.2 Å². The number of halogens is 2. The van der Waals surface area contributed by atoms with Gasteiger partial charge in [0.1, 0.15) is 0 Å². The first-order valence-electron chi connectivity index (χ1n) is 10.5. The number of hydrogen-bond acceptors (Lipinski definition) is 3. The van der Waals surface area contributed by atoms with Gasteiger partial charge in [0.25, 0.3) is 0 Å². The summed E-state index contributed by atoms with van der Waals surface area (Å²) in [4.78, 5) is 27.2. The molecule has 1 aromatic carbocycles. The molecule has 2 N–H and O–H groups in total. The molecule has 4 saturated carbocycles. The quantitative estimate of drug-likeness (QED) is 0.695. The second kappa shape index (κ2) is 8.09. The van der Waals surface area contributed by atoms with Gasteiger partial charge in [0.05, 0.1) is 28.3 Å². The van der Waals surface area contributed by atoms with E-state index in [0.717, 1.165) is 37.0 Å². The van der Waals surface area contributed by atoms with Gasteiger partial charge >= 0.3 is 0 Å². The molecule has 0 radical (unpaired) electrons. The second-order valence-corrected chi connectivity index (χ2v) is 10.2. The van der Waals surface area contributed by atoms with Crippen molar-refractivity contribution in [3.63, 3.8) is 0 Å². The van der Waals surface area contributed by atoms with Crippen molar-refractivity contribution in [1.82, 2.24) is 10.2 Å². The maximum absolute atomic E-state index is 13.0. The fourth-order valence-corrected chi connectivity index (χ4v) is 6.48. The molecule has 7 heteroatoms. The van der Waals surface area contributed by atoms with E-state index >= 15 is 0 Å². The van der Waals surface area contributed by atoms with Crippen molar-refractivity contribution < 1.29 is 9.59 Å².